The van der Waals surface area contributed by atoms with Crippen molar-refractivity contribution in [3.8, 4) is 5.75 Å². The summed E-state index contributed by atoms with van der Waals surface area (Å²) in [6.45, 7) is 4.86. The van der Waals surface area contributed by atoms with Gasteiger partial charge >= 0.3 is 0 Å². The number of ether oxygens (including phenoxy) is 1. The standard InChI is InChI=1S/C12H15ClO2/c1-9(2)6-7-15-12-5-3-4-11(13)10(12)8-14/h3-5,8-9H,6-7H2,1-2H3. The molecule has 0 saturated heterocycles. The van der Waals surface area contributed by atoms with E-state index in [1.807, 2.05) is 0 Å². The van der Waals surface area contributed by atoms with E-state index in [9.17, 15) is 4.79 Å². The quantitative estimate of drug-likeness (QED) is 0.718. The molecule has 0 fully saturated rings. The van der Waals surface area contributed by atoms with Crippen LogP contribution in [0.15, 0.2) is 18.2 Å². The summed E-state index contributed by atoms with van der Waals surface area (Å²) in [6, 6.07) is 5.22. The van der Waals surface area contributed by atoms with Gasteiger partial charge in [0, 0.05) is 0 Å². The minimum absolute atomic E-state index is 0.433. The third-order valence-corrected chi connectivity index (χ3v) is 2.41. The average molecular weight is 227 g/mol. The summed E-state index contributed by atoms with van der Waals surface area (Å²) in [5.74, 6) is 1.15. The van der Waals surface area contributed by atoms with E-state index in [2.05, 4.69) is 13.8 Å². The number of hydrogen-bond donors (Lipinski definition) is 0. The highest BCUT2D eigenvalue weighted by molar-refractivity contribution is 6.33. The van der Waals surface area contributed by atoms with Gasteiger partial charge in [-0.05, 0) is 24.5 Å². The maximum atomic E-state index is 10.8. The summed E-state index contributed by atoms with van der Waals surface area (Å²) in [5.41, 5.74) is 0.433. The van der Waals surface area contributed by atoms with E-state index in [0.29, 0.717) is 28.9 Å². The van der Waals surface area contributed by atoms with Crippen molar-refractivity contribution in [2.24, 2.45) is 5.92 Å². The van der Waals surface area contributed by atoms with E-state index in [1.165, 1.54) is 0 Å². The summed E-state index contributed by atoms with van der Waals surface area (Å²) < 4.78 is 5.50. The minimum Gasteiger partial charge on any atom is -0.493 e. The molecule has 1 aromatic carbocycles. The van der Waals surface area contributed by atoms with Crippen molar-refractivity contribution in [2.75, 3.05) is 6.61 Å². The Morgan fingerprint density at radius 1 is 1.47 bits per heavy atom. The van der Waals surface area contributed by atoms with Crippen LogP contribution in [-0.2, 0) is 0 Å². The van der Waals surface area contributed by atoms with Crippen molar-refractivity contribution in [3.05, 3.63) is 28.8 Å². The predicted molar refractivity (Wildman–Crippen MR) is 61.8 cm³/mol. The third-order valence-electron chi connectivity index (χ3n) is 2.08. The monoisotopic (exact) mass is 226 g/mol. The number of carbonyl (C=O) groups excluding carboxylic acids is 1. The zero-order chi connectivity index (χ0) is 11.3. The van der Waals surface area contributed by atoms with Crippen LogP contribution in [0, 0.1) is 5.92 Å². The Kier molecular flexibility index (Phi) is 4.63. The molecule has 0 aliphatic carbocycles. The van der Waals surface area contributed by atoms with Crippen molar-refractivity contribution in [2.45, 2.75) is 20.3 Å². The van der Waals surface area contributed by atoms with Gasteiger partial charge in [-0.3, -0.25) is 4.79 Å². The fraction of sp³-hybridized carbons (Fsp3) is 0.417. The summed E-state index contributed by atoms with van der Waals surface area (Å²) in [4.78, 5) is 10.8. The van der Waals surface area contributed by atoms with Gasteiger partial charge in [0.1, 0.15) is 5.75 Å². The highest BCUT2D eigenvalue weighted by Crippen LogP contribution is 2.24. The first kappa shape index (κ1) is 12.1. The molecule has 2 nitrogen and oxygen atoms in total. The largest absolute Gasteiger partial charge is 0.493 e. The van der Waals surface area contributed by atoms with Gasteiger partial charge in [-0.25, -0.2) is 0 Å². The van der Waals surface area contributed by atoms with Gasteiger partial charge in [-0.15, -0.1) is 0 Å². The second kappa shape index (κ2) is 5.76. The van der Waals surface area contributed by atoms with Crippen molar-refractivity contribution in [1.29, 1.82) is 0 Å². The van der Waals surface area contributed by atoms with Crippen LogP contribution >= 0.6 is 11.6 Å². The predicted octanol–water partition coefficient (Wildman–Crippen LogP) is 3.58. The maximum absolute atomic E-state index is 10.8. The lowest BCUT2D eigenvalue weighted by molar-refractivity contribution is 0.111. The first-order chi connectivity index (χ1) is 7.15. The molecular formula is C12H15ClO2. The van der Waals surface area contributed by atoms with Crippen LogP contribution in [0.25, 0.3) is 0 Å². The number of benzene rings is 1. The molecule has 1 aromatic rings. The van der Waals surface area contributed by atoms with E-state index in [0.717, 1.165) is 12.7 Å². The molecule has 1 rings (SSSR count). The summed E-state index contributed by atoms with van der Waals surface area (Å²) in [6.07, 6.45) is 1.69. The molecule has 0 unspecified atom stereocenters. The van der Waals surface area contributed by atoms with Crippen LogP contribution in [0.4, 0.5) is 0 Å². The van der Waals surface area contributed by atoms with E-state index >= 15 is 0 Å². The summed E-state index contributed by atoms with van der Waals surface area (Å²) in [7, 11) is 0. The topological polar surface area (TPSA) is 26.3 Å². The Bertz CT molecular complexity index is 334. The van der Waals surface area contributed by atoms with E-state index in [4.69, 9.17) is 16.3 Å². The van der Waals surface area contributed by atoms with E-state index < -0.39 is 0 Å². The van der Waals surface area contributed by atoms with Gasteiger partial charge in [-0.1, -0.05) is 31.5 Å². The first-order valence-corrected chi connectivity index (χ1v) is 5.39. The van der Waals surface area contributed by atoms with Gasteiger partial charge in [0.25, 0.3) is 0 Å². The molecule has 0 aromatic heterocycles. The molecule has 0 aliphatic rings. The van der Waals surface area contributed by atoms with Crippen molar-refractivity contribution in [3.63, 3.8) is 0 Å². The Labute approximate surface area is 95.2 Å². The molecule has 0 heterocycles. The van der Waals surface area contributed by atoms with Crippen molar-refractivity contribution < 1.29 is 9.53 Å². The number of rotatable bonds is 5. The number of hydrogen-bond acceptors (Lipinski definition) is 2. The zero-order valence-corrected chi connectivity index (χ0v) is 9.75. The number of halogens is 1. The highest BCUT2D eigenvalue weighted by atomic mass is 35.5. The fourth-order valence-electron chi connectivity index (χ4n) is 1.16. The first-order valence-electron chi connectivity index (χ1n) is 5.01. The Morgan fingerprint density at radius 3 is 2.80 bits per heavy atom. The van der Waals surface area contributed by atoms with E-state index in [-0.39, 0.29) is 0 Å². The molecule has 0 atom stereocenters. The fourth-order valence-corrected chi connectivity index (χ4v) is 1.37. The molecule has 0 aliphatic heterocycles. The van der Waals surface area contributed by atoms with Gasteiger partial charge < -0.3 is 4.74 Å². The lowest BCUT2D eigenvalue weighted by Crippen LogP contribution is -2.03. The summed E-state index contributed by atoms with van der Waals surface area (Å²) >= 11 is 5.86. The molecule has 15 heavy (non-hydrogen) atoms. The highest BCUT2D eigenvalue weighted by Gasteiger charge is 2.06. The molecule has 0 bridgehead atoms. The van der Waals surface area contributed by atoms with Gasteiger partial charge in [0.2, 0.25) is 0 Å². The third kappa shape index (κ3) is 3.56. The average Bonchev–Trinajstić information content (AvgIpc) is 2.17. The van der Waals surface area contributed by atoms with Gasteiger partial charge in [0.15, 0.2) is 6.29 Å². The molecule has 0 spiro atoms. The van der Waals surface area contributed by atoms with Crippen molar-refractivity contribution >= 4 is 17.9 Å². The van der Waals surface area contributed by atoms with Crippen LogP contribution in [0.2, 0.25) is 5.02 Å². The smallest absolute Gasteiger partial charge is 0.155 e. The molecule has 3 heteroatoms. The van der Waals surface area contributed by atoms with E-state index in [1.54, 1.807) is 18.2 Å². The Morgan fingerprint density at radius 2 is 2.20 bits per heavy atom. The number of carbonyl (C=O) groups is 1. The Hall–Kier alpha value is -1.02. The summed E-state index contributed by atoms with van der Waals surface area (Å²) in [5, 5.41) is 0.437. The molecule has 0 amide bonds. The lowest BCUT2D eigenvalue weighted by Gasteiger charge is -2.10. The van der Waals surface area contributed by atoms with Crippen LogP contribution < -0.4 is 4.74 Å². The van der Waals surface area contributed by atoms with Crippen LogP contribution in [0.3, 0.4) is 0 Å². The number of aldehydes is 1. The molecule has 0 saturated carbocycles. The molecule has 0 radical (unpaired) electrons. The molecular weight excluding hydrogens is 212 g/mol. The normalized spacial score (nSPS) is 10.4. The van der Waals surface area contributed by atoms with Crippen LogP contribution in [0.1, 0.15) is 30.6 Å². The minimum atomic E-state index is 0.433. The van der Waals surface area contributed by atoms with Crippen molar-refractivity contribution in [1.82, 2.24) is 0 Å². The second-order valence-corrected chi connectivity index (χ2v) is 4.21. The molecule has 0 N–H and O–H groups in total. The Balaban J connectivity index is 2.68. The van der Waals surface area contributed by atoms with Gasteiger partial charge in [-0.2, -0.15) is 0 Å². The van der Waals surface area contributed by atoms with Crippen LogP contribution in [0.5, 0.6) is 5.75 Å². The van der Waals surface area contributed by atoms with Gasteiger partial charge in [0.05, 0.1) is 17.2 Å². The molecule has 82 valence electrons. The zero-order valence-electron chi connectivity index (χ0n) is 9.00. The SMILES string of the molecule is CC(C)CCOc1cccc(Cl)c1C=O. The van der Waals surface area contributed by atoms with Crippen LogP contribution in [-0.4, -0.2) is 12.9 Å². The maximum Gasteiger partial charge on any atom is 0.155 e. The second-order valence-electron chi connectivity index (χ2n) is 3.80. The lowest BCUT2D eigenvalue weighted by atomic mass is 10.1.